The van der Waals surface area contributed by atoms with E-state index < -0.39 is 0 Å². The van der Waals surface area contributed by atoms with Crippen LogP contribution < -0.4 is 10.1 Å². The second-order valence-corrected chi connectivity index (χ2v) is 5.09. The highest BCUT2D eigenvalue weighted by atomic mass is 35.5. The monoisotopic (exact) mass is 309 g/mol. The molecule has 0 atom stereocenters. The molecule has 5 heteroatoms. The number of carbonyl (C=O) groups is 1. The van der Waals surface area contributed by atoms with E-state index in [0.29, 0.717) is 15.8 Å². The van der Waals surface area contributed by atoms with E-state index in [-0.39, 0.29) is 12.5 Å². The van der Waals surface area contributed by atoms with Crippen LogP contribution in [-0.4, -0.2) is 12.5 Å². The Balaban J connectivity index is 1.88. The van der Waals surface area contributed by atoms with Gasteiger partial charge in [-0.1, -0.05) is 40.9 Å². The molecule has 0 radical (unpaired) electrons. The summed E-state index contributed by atoms with van der Waals surface area (Å²) in [7, 11) is 0. The van der Waals surface area contributed by atoms with E-state index in [2.05, 4.69) is 5.32 Å². The first-order valence-corrected chi connectivity index (χ1v) is 6.74. The molecule has 20 heavy (non-hydrogen) atoms. The first kappa shape index (κ1) is 14.7. The van der Waals surface area contributed by atoms with Crippen LogP contribution in [0.5, 0.6) is 5.75 Å². The van der Waals surface area contributed by atoms with Gasteiger partial charge in [0, 0.05) is 11.8 Å². The van der Waals surface area contributed by atoms with Crippen molar-refractivity contribution in [2.75, 3.05) is 11.9 Å². The van der Waals surface area contributed by atoms with Gasteiger partial charge in [-0.3, -0.25) is 4.79 Å². The molecule has 0 aromatic heterocycles. The van der Waals surface area contributed by atoms with Gasteiger partial charge in [0.2, 0.25) is 0 Å². The highest BCUT2D eigenvalue weighted by molar-refractivity contribution is 6.42. The third-order valence-corrected chi connectivity index (χ3v) is 3.34. The molecule has 2 aromatic carbocycles. The molecule has 0 aliphatic heterocycles. The minimum Gasteiger partial charge on any atom is -0.484 e. The predicted molar refractivity (Wildman–Crippen MR) is 81.8 cm³/mol. The fraction of sp³-hybridized carbons (Fsp3) is 0.133. The normalized spacial score (nSPS) is 10.2. The minimum atomic E-state index is -0.236. The maximum atomic E-state index is 11.7. The van der Waals surface area contributed by atoms with Crippen LogP contribution in [0.25, 0.3) is 0 Å². The highest BCUT2D eigenvalue weighted by Gasteiger charge is 2.05. The fourth-order valence-corrected chi connectivity index (χ4v) is 1.84. The molecule has 104 valence electrons. The Bertz CT molecular complexity index is 612. The van der Waals surface area contributed by atoms with Crippen molar-refractivity contribution in [1.82, 2.24) is 0 Å². The van der Waals surface area contributed by atoms with E-state index in [1.54, 1.807) is 18.2 Å². The topological polar surface area (TPSA) is 38.3 Å². The Morgan fingerprint density at radius 2 is 1.80 bits per heavy atom. The summed E-state index contributed by atoms with van der Waals surface area (Å²) in [6, 6.07) is 12.4. The van der Waals surface area contributed by atoms with Crippen molar-refractivity contribution >= 4 is 34.8 Å². The molecule has 1 N–H and O–H groups in total. The van der Waals surface area contributed by atoms with E-state index in [0.717, 1.165) is 11.3 Å². The Kier molecular flexibility index (Phi) is 4.88. The number of rotatable bonds is 4. The summed E-state index contributed by atoms with van der Waals surface area (Å²) in [5.74, 6) is 0.262. The van der Waals surface area contributed by atoms with Crippen molar-refractivity contribution in [2.24, 2.45) is 0 Å². The van der Waals surface area contributed by atoms with Crippen LogP contribution in [-0.2, 0) is 4.79 Å². The predicted octanol–water partition coefficient (Wildman–Crippen LogP) is 4.32. The van der Waals surface area contributed by atoms with Gasteiger partial charge in [-0.25, -0.2) is 0 Å². The van der Waals surface area contributed by atoms with E-state index >= 15 is 0 Å². The quantitative estimate of drug-likeness (QED) is 0.913. The number of anilines is 1. The molecular formula is C15H13Cl2NO2. The first-order valence-electron chi connectivity index (χ1n) is 5.99. The van der Waals surface area contributed by atoms with Gasteiger partial charge in [-0.15, -0.1) is 0 Å². The Morgan fingerprint density at radius 1 is 1.10 bits per heavy atom. The second-order valence-electron chi connectivity index (χ2n) is 4.28. The Morgan fingerprint density at radius 3 is 2.45 bits per heavy atom. The number of amides is 1. The van der Waals surface area contributed by atoms with Gasteiger partial charge in [0.25, 0.3) is 5.91 Å². The SMILES string of the molecule is Cc1ccc(NC(=O)COc2ccc(Cl)c(Cl)c2)cc1. The van der Waals surface area contributed by atoms with Crippen LogP contribution >= 0.6 is 23.2 Å². The summed E-state index contributed by atoms with van der Waals surface area (Å²) in [6.07, 6.45) is 0. The molecule has 1 amide bonds. The second kappa shape index (κ2) is 6.64. The molecule has 0 bridgehead atoms. The zero-order valence-electron chi connectivity index (χ0n) is 10.8. The van der Waals surface area contributed by atoms with Crippen molar-refractivity contribution in [2.45, 2.75) is 6.92 Å². The number of ether oxygens (including phenoxy) is 1. The number of nitrogens with one attached hydrogen (secondary N) is 1. The lowest BCUT2D eigenvalue weighted by molar-refractivity contribution is -0.118. The number of hydrogen-bond donors (Lipinski definition) is 1. The smallest absolute Gasteiger partial charge is 0.262 e. The summed E-state index contributed by atoms with van der Waals surface area (Å²) >= 11 is 11.7. The average Bonchev–Trinajstić information content (AvgIpc) is 2.43. The first-order chi connectivity index (χ1) is 9.54. The van der Waals surface area contributed by atoms with E-state index in [9.17, 15) is 4.79 Å². The Hall–Kier alpha value is -1.71. The van der Waals surface area contributed by atoms with E-state index in [1.165, 1.54) is 0 Å². The van der Waals surface area contributed by atoms with E-state index in [1.807, 2.05) is 31.2 Å². The van der Waals surface area contributed by atoms with Crippen LogP contribution in [0.15, 0.2) is 42.5 Å². The summed E-state index contributed by atoms with van der Waals surface area (Å²) in [5.41, 5.74) is 1.87. The third kappa shape index (κ3) is 4.15. The standard InChI is InChI=1S/C15H13Cl2NO2/c1-10-2-4-11(5-3-10)18-15(19)9-20-12-6-7-13(16)14(17)8-12/h2-8H,9H2,1H3,(H,18,19). The largest absolute Gasteiger partial charge is 0.484 e. The third-order valence-electron chi connectivity index (χ3n) is 2.60. The number of aryl methyl sites for hydroxylation is 1. The van der Waals surface area contributed by atoms with Crippen LogP contribution in [0.2, 0.25) is 10.0 Å². The summed E-state index contributed by atoms with van der Waals surface area (Å²) in [5, 5.41) is 3.58. The zero-order valence-corrected chi connectivity index (χ0v) is 12.3. The highest BCUT2D eigenvalue weighted by Crippen LogP contribution is 2.26. The van der Waals surface area contributed by atoms with Crippen molar-refractivity contribution in [1.29, 1.82) is 0 Å². The molecule has 2 aromatic rings. The molecule has 2 rings (SSSR count). The minimum absolute atomic E-state index is 0.0914. The number of hydrogen-bond acceptors (Lipinski definition) is 2. The van der Waals surface area contributed by atoms with Gasteiger partial charge in [0.05, 0.1) is 10.0 Å². The fourth-order valence-electron chi connectivity index (χ4n) is 1.55. The van der Waals surface area contributed by atoms with E-state index in [4.69, 9.17) is 27.9 Å². The maximum absolute atomic E-state index is 11.7. The molecule has 0 aliphatic rings. The molecule has 0 saturated heterocycles. The molecule has 3 nitrogen and oxygen atoms in total. The van der Waals surface area contributed by atoms with Crippen molar-refractivity contribution in [3.05, 3.63) is 58.1 Å². The molecule has 0 aliphatic carbocycles. The zero-order chi connectivity index (χ0) is 14.5. The average molecular weight is 310 g/mol. The summed E-state index contributed by atoms with van der Waals surface area (Å²) < 4.78 is 5.34. The number of carbonyl (C=O) groups excluding carboxylic acids is 1. The van der Waals surface area contributed by atoms with Crippen LogP contribution in [0.1, 0.15) is 5.56 Å². The van der Waals surface area contributed by atoms with Crippen LogP contribution in [0.3, 0.4) is 0 Å². The van der Waals surface area contributed by atoms with Gasteiger partial charge < -0.3 is 10.1 Å². The molecule has 0 spiro atoms. The molecule has 0 heterocycles. The van der Waals surface area contributed by atoms with Crippen molar-refractivity contribution in [3.63, 3.8) is 0 Å². The Labute approximate surface area is 127 Å². The number of benzene rings is 2. The molecule has 0 saturated carbocycles. The molecule has 0 unspecified atom stereocenters. The molecular weight excluding hydrogens is 297 g/mol. The van der Waals surface area contributed by atoms with Crippen LogP contribution in [0.4, 0.5) is 5.69 Å². The van der Waals surface area contributed by atoms with Gasteiger partial charge in [0.15, 0.2) is 6.61 Å². The van der Waals surface area contributed by atoms with Gasteiger partial charge in [-0.2, -0.15) is 0 Å². The number of halogens is 2. The lowest BCUT2D eigenvalue weighted by atomic mass is 10.2. The van der Waals surface area contributed by atoms with Crippen molar-refractivity contribution < 1.29 is 9.53 Å². The summed E-state index contributed by atoms with van der Waals surface area (Å²) in [6.45, 7) is 1.89. The lowest BCUT2D eigenvalue weighted by Gasteiger charge is -2.08. The van der Waals surface area contributed by atoms with Gasteiger partial charge in [-0.05, 0) is 31.2 Å². The van der Waals surface area contributed by atoms with Crippen LogP contribution in [0, 0.1) is 6.92 Å². The summed E-state index contributed by atoms with van der Waals surface area (Å²) in [4.78, 5) is 11.7. The van der Waals surface area contributed by atoms with Crippen molar-refractivity contribution in [3.8, 4) is 5.75 Å². The maximum Gasteiger partial charge on any atom is 0.262 e. The van der Waals surface area contributed by atoms with Gasteiger partial charge in [0.1, 0.15) is 5.75 Å². The molecule has 0 fully saturated rings. The lowest BCUT2D eigenvalue weighted by Crippen LogP contribution is -2.20. The van der Waals surface area contributed by atoms with Gasteiger partial charge >= 0.3 is 0 Å².